The zero-order valence-electron chi connectivity index (χ0n) is 9.41. The molecule has 3 rings (SSSR count). The second-order valence-corrected chi connectivity index (χ2v) is 4.94. The van der Waals surface area contributed by atoms with E-state index in [1.165, 1.54) is 31.2 Å². The van der Waals surface area contributed by atoms with Crippen molar-refractivity contribution in [3.05, 3.63) is 40.1 Å². The molecule has 1 aromatic rings. The van der Waals surface area contributed by atoms with Crippen LogP contribution in [0.5, 0.6) is 0 Å². The third-order valence-corrected chi connectivity index (χ3v) is 4.02. The van der Waals surface area contributed by atoms with E-state index in [0.717, 1.165) is 18.2 Å². The highest BCUT2D eigenvalue weighted by molar-refractivity contribution is 5.54. The van der Waals surface area contributed by atoms with Crippen LogP contribution in [0, 0.1) is 5.92 Å². The summed E-state index contributed by atoms with van der Waals surface area (Å²) in [7, 11) is 0. The molecule has 0 amide bonds. The van der Waals surface area contributed by atoms with Gasteiger partial charge in [-0.15, -0.1) is 0 Å². The van der Waals surface area contributed by atoms with Gasteiger partial charge in [0.2, 0.25) is 5.43 Å². The van der Waals surface area contributed by atoms with E-state index < -0.39 is 0 Å². The fourth-order valence-electron chi connectivity index (χ4n) is 3.20. The monoisotopic (exact) mass is 215 g/mol. The van der Waals surface area contributed by atoms with Gasteiger partial charge < -0.3 is 5.32 Å². The lowest BCUT2D eigenvalue weighted by atomic mass is 9.73. The van der Waals surface area contributed by atoms with Crippen molar-refractivity contribution in [2.24, 2.45) is 5.92 Å². The lowest BCUT2D eigenvalue weighted by Gasteiger charge is -2.36. The summed E-state index contributed by atoms with van der Waals surface area (Å²) >= 11 is 0. The van der Waals surface area contributed by atoms with Crippen LogP contribution in [0.15, 0.2) is 29.1 Å². The van der Waals surface area contributed by atoms with Crippen molar-refractivity contribution >= 4 is 5.69 Å². The summed E-state index contributed by atoms with van der Waals surface area (Å²) in [6, 6.07) is 7.64. The number of anilines is 1. The highest BCUT2D eigenvalue weighted by Gasteiger charge is 2.31. The Morgan fingerprint density at radius 3 is 2.88 bits per heavy atom. The molecule has 84 valence electrons. The predicted octanol–water partition coefficient (Wildman–Crippen LogP) is 2.75. The van der Waals surface area contributed by atoms with Crippen LogP contribution in [0.2, 0.25) is 0 Å². The maximum atomic E-state index is 11.9. The zero-order chi connectivity index (χ0) is 11.0. The lowest BCUT2D eigenvalue weighted by molar-refractivity contribution is 0.313. The van der Waals surface area contributed by atoms with Gasteiger partial charge in [0.15, 0.2) is 0 Å². The average Bonchev–Trinajstić information content (AvgIpc) is 2.52. The van der Waals surface area contributed by atoms with E-state index in [4.69, 9.17) is 0 Å². The Morgan fingerprint density at radius 1 is 1.12 bits per heavy atom. The van der Waals surface area contributed by atoms with Crippen molar-refractivity contribution in [3.8, 4) is 0 Å². The Labute approximate surface area is 95.7 Å². The van der Waals surface area contributed by atoms with Gasteiger partial charge in [-0.25, -0.2) is 0 Å². The highest BCUT2D eigenvalue weighted by Crippen LogP contribution is 2.42. The van der Waals surface area contributed by atoms with Crippen LogP contribution in [0.3, 0.4) is 0 Å². The highest BCUT2D eigenvalue weighted by atomic mass is 16.1. The first kappa shape index (κ1) is 9.88. The summed E-state index contributed by atoms with van der Waals surface area (Å²) in [5.41, 5.74) is 2.25. The van der Waals surface area contributed by atoms with Crippen molar-refractivity contribution in [1.29, 1.82) is 0 Å². The first-order valence-corrected chi connectivity index (χ1v) is 6.23. The molecule has 2 aliphatic rings. The molecule has 2 nitrogen and oxygen atoms in total. The summed E-state index contributed by atoms with van der Waals surface area (Å²) in [6.45, 7) is 0.983. The Balaban J connectivity index is 2.12. The van der Waals surface area contributed by atoms with Gasteiger partial charge in [-0.1, -0.05) is 31.0 Å². The van der Waals surface area contributed by atoms with Crippen molar-refractivity contribution in [3.63, 3.8) is 0 Å². The van der Waals surface area contributed by atoms with Gasteiger partial charge in [0.25, 0.3) is 0 Å². The number of rotatable bonds is 0. The minimum Gasteiger partial charge on any atom is -0.381 e. The quantitative estimate of drug-likeness (QED) is 0.721. The molecule has 1 saturated carbocycles. The second kappa shape index (κ2) is 3.93. The third-order valence-electron chi connectivity index (χ3n) is 4.02. The van der Waals surface area contributed by atoms with E-state index in [-0.39, 0.29) is 5.43 Å². The number of nitrogens with one attached hydrogen (secondary N) is 1. The van der Waals surface area contributed by atoms with Gasteiger partial charge in [0, 0.05) is 6.54 Å². The molecule has 16 heavy (non-hydrogen) atoms. The van der Waals surface area contributed by atoms with Crippen LogP contribution in [0.1, 0.15) is 37.2 Å². The van der Waals surface area contributed by atoms with Crippen molar-refractivity contribution in [1.82, 2.24) is 0 Å². The molecule has 1 aromatic carbocycles. The fourth-order valence-corrected chi connectivity index (χ4v) is 3.20. The first-order valence-electron chi connectivity index (χ1n) is 6.23. The molecule has 1 aliphatic carbocycles. The maximum Gasteiger partial charge on any atom is 0.201 e. The molecule has 1 N–H and O–H groups in total. The maximum absolute atomic E-state index is 11.9. The molecule has 0 spiro atoms. The van der Waals surface area contributed by atoms with E-state index >= 15 is 0 Å². The lowest BCUT2D eigenvalue weighted by Crippen LogP contribution is -2.32. The average molecular weight is 215 g/mol. The van der Waals surface area contributed by atoms with E-state index in [0.29, 0.717) is 5.92 Å². The molecule has 1 aliphatic heterocycles. The third kappa shape index (κ3) is 1.53. The van der Waals surface area contributed by atoms with Gasteiger partial charge in [0.05, 0.1) is 5.69 Å². The van der Waals surface area contributed by atoms with Gasteiger partial charge >= 0.3 is 0 Å². The Hall–Kier alpha value is -1.31. The largest absolute Gasteiger partial charge is 0.381 e. The van der Waals surface area contributed by atoms with E-state index in [1.54, 1.807) is 6.07 Å². The number of hydrogen-bond donors (Lipinski definition) is 1. The SMILES string of the molecule is O=c1ccccc2c1NCC1CCCCC21. The predicted molar refractivity (Wildman–Crippen MR) is 65.9 cm³/mol. The van der Waals surface area contributed by atoms with E-state index in [9.17, 15) is 4.79 Å². The number of fused-ring (bicyclic) bond motifs is 3. The number of hydrogen-bond acceptors (Lipinski definition) is 2. The molecule has 0 radical (unpaired) electrons. The summed E-state index contributed by atoms with van der Waals surface area (Å²) in [5.74, 6) is 1.35. The molecule has 1 fully saturated rings. The summed E-state index contributed by atoms with van der Waals surface area (Å²) < 4.78 is 0. The molecule has 0 aromatic heterocycles. The van der Waals surface area contributed by atoms with Gasteiger partial charge in [0.1, 0.15) is 0 Å². The van der Waals surface area contributed by atoms with Crippen LogP contribution in [0.25, 0.3) is 0 Å². The molecule has 0 bridgehead atoms. The summed E-state index contributed by atoms with van der Waals surface area (Å²) in [4.78, 5) is 11.9. The first-order chi connectivity index (χ1) is 7.86. The van der Waals surface area contributed by atoms with Crippen molar-refractivity contribution in [2.75, 3.05) is 11.9 Å². The van der Waals surface area contributed by atoms with Crippen LogP contribution < -0.4 is 10.7 Å². The molecule has 2 unspecified atom stereocenters. The topological polar surface area (TPSA) is 29.1 Å². The minimum absolute atomic E-state index is 0.143. The minimum atomic E-state index is 0.143. The Bertz CT molecular complexity index is 455. The molecule has 1 heterocycles. The smallest absolute Gasteiger partial charge is 0.201 e. The molecule has 0 saturated heterocycles. The molecule has 2 heteroatoms. The Kier molecular flexibility index (Phi) is 2.43. The van der Waals surface area contributed by atoms with Gasteiger partial charge in [-0.05, 0) is 36.3 Å². The molecular formula is C14H17NO. The molecular weight excluding hydrogens is 198 g/mol. The van der Waals surface area contributed by atoms with Crippen LogP contribution in [0.4, 0.5) is 5.69 Å². The summed E-state index contributed by atoms with van der Waals surface area (Å²) in [6.07, 6.45) is 5.22. The summed E-state index contributed by atoms with van der Waals surface area (Å²) in [5, 5.41) is 3.34. The normalized spacial score (nSPS) is 27.5. The second-order valence-electron chi connectivity index (χ2n) is 4.94. The van der Waals surface area contributed by atoms with Gasteiger partial charge in [-0.2, -0.15) is 0 Å². The van der Waals surface area contributed by atoms with Gasteiger partial charge in [-0.3, -0.25) is 4.79 Å². The van der Waals surface area contributed by atoms with E-state index in [1.807, 2.05) is 12.1 Å². The fraction of sp³-hybridized carbons (Fsp3) is 0.500. The van der Waals surface area contributed by atoms with Crippen LogP contribution >= 0.6 is 0 Å². The standard InChI is InChI=1S/C14H17NO/c16-13-8-4-3-7-12-11-6-2-1-5-10(11)9-15-14(12)13/h3-4,7-8,10-11,15H,1-2,5-6,9H2. The van der Waals surface area contributed by atoms with Crippen molar-refractivity contribution < 1.29 is 0 Å². The van der Waals surface area contributed by atoms with Crippen molar-refractivity contribution in [2.45, 2.75) is 31.6 Å². The Morgan fingerprint density at radius 2 is 1.94 bits per heavy atom. The van der Waals surface area contributed by atoms with E-state index in [2.05, 4.69) is 11.4 Å². The van der Waals surface area contributed by atoms with Crippen LogP contribution in [-0.2, 0) is 0 Å². The zero-order valence-corrected chi connectivity index (χ0v) is 9.41. The van der Waals surface area contributed by atoms with Crippen LogP contribution in [-0.4, -0.2) is 6.54 Å². The molecule has 2 atom stereocenters.